The molecule has 1 aromatic heterocycles. The number of nitrogens with one attached hydrogen (secondary N) is 2. The summed E-state index contributed by atoms with van der Waals surface area (Å²) < 4.78 is 24.6. The Morgan fingerprint density at radius 2 is 1.76 bits per heavy atom. The molecule has 0 bridgehead atoms. The van der Waals surface area contributed by atoms with Gasteiger partial charge in [-0.25, -0.2) is 4.68 Å². The molecule has 0 saturated heterocycles. The molecule has 0 spiro atoms. The lowest BCUT2D eigenvalue weighted by Gasteiger charge is -2.29. The molecule has 1 aliphatic rings. The van der Waals surface area contributed by atoms with Crippen LogP contribution in [0.5, 0.6) is 23.0 Å². The molecule has 0 aliphatic carbocycles. The van der Waals surface area contributed by atoms with Gasteiger partial charge in [0.25, 0.3) is 5.91 Å². The molecule has 10 nitrogen and oxygen atoms in total. The number of amides is 1. The summed E-state index contributed by atoms with van der Waals surface area (Å²) in [4.78, 5) is 18.2. The molecule has 1 atom stereocenters. The molecule has 2 heterocycles. The number of methoxy groups -OCH3 is 2. The molecule has 0 saturated carbocycles. The monoisotopic (exact) mass is 555 g/mol. The number of nitrogens with zero attached hydrogens (tertiary/aromatic N) is 3. The zero-order valence-electron chi connectivity index (χ0n) is 23.7. The van der Waals surface area contributed by atoms with Gasteiger partial charge in [-0.15, -0.1) is 0 Å². The van der Waals surface area contributed by atoms with Crippen molar-refractivity contribution in [3.8, 4) is 23.0 Å². The van der Waals surface area contributed by atoms with E-state index in [0.29, 0.717) is 59.1 Å². The van der Waals surface area contributed by atoms with Gasteiger partial charge in [-0.05, 0) is 56.2 Å². The van der Waals surface area contributed by atoms with Gasteiger partial charge >= 0.3 is 0 Å². The van der Waals surface area contributed by atoms with Gasteiger partial charge in [0.15, 0.2) is 11.5 Å². The van der Waals surface area contributed by atoms with Gasteiger partial charge in [0.2, 0.25) is 5.95 Å². The number of benzene rings is 3. The van der Waals surface area contributed by atoms with Crippen molar-refractivity contribution in [2.24, 2.45) is 0 Å². The van der Waals surface area contributed by atoms with Crippen LogP contribution in [0.2, 0.25) is 0 Å². The number of allylic oxidation sites excluding steroid dienone is 1. The molecule has 2 N–H and O–H groups in total. The largest absolute Gasteiger partial charge is 0.497 e. The summed E-state index contributed by atoms with van der Waals surface area (Å²) in [6.07, 6.45) is 1.46. The molecule has 10 heteroatoms. The Bertz CT molecular complexity index is 1580. The van der Waals surface area contributed by atoms with E-state index < -0.39 is 6.04 Å². The third-order valence-electron chi connectivity index (χ3n) is 6.79. The second kappa shape index (κ2) is 12.0. The van der Waals surface area contributed by atoms with Gasteiger partial charge in [0.05, 0.1) is 32.1 Å². The van der Waals surface area contributed by atoms with Crippen LogP contribution in [0.15, 0.2) is 78.3 Å². The topological polar surface area (TPSA) is 109 Å². The van der Waals surface area contributed by atoms with E-state index in [-0.39, 0.29) is 5.91 Å². The van der Waals surface area contributed by atoms with Gasteiger partial charge in [-0.3, -0.25) is 4.79 Å². The van der Waals surface area contributed by atoms with Gasteiger partial charge in [0, 0.05) is 11.8 Å². The molecule has 5 rings (SSSR count). The molecular weight excluding hydrogens is 522 g/mol. The smallest absolute Gasteiger partial charge is 0.255 e. The van der Waals surface area contributed by atoms with Crippen LogP contribution in [0.3, 0.4) is 0 Å². The zero-order chi connectivity index (χ0) is 28.9. The summed E-state index contributed by atoms with van der Waals surface area (Å²) in [5.74, 6) is 2.50. The maximum Gasteiger partial charge on any atom is 0.255 e. The van der Waals surface area contributed by atoms with E-state index in [1.54, 1.807) is 37.1 Å². The SMILES string of the molecule is CCOc1cc([C@@H]2C(C(=O)Nc3ccc(OC)cc3OC)=C(C)Nc3ncnn32)ccc1OCc1ccc(C)cc1. The highest BCUT2D eigenvalue weighted by Gasteiger charge is 2.34. The van der Waals surface area contributed by atoms with Crippen LogP contribution < -0.4 is 29.6 Å². The van der Waals surface area contributed by atoms with E-state index in [1.807, 2.05) is 44.2 Å². The van der Waals surface area contributed by atoms with Crippen LogP contribution in [-0.4, -0.2) is 41.5 Å². The van der Waals surface area contributed by atoms with Crippen LogP contribution >= 0.6 is 0 Å². The van der Waals surface area contributed by atoms with Crippen LogP contribution in [0.25, 0.3) is 0 Å². The van der Waals surface area contributed by atoms with Crippen molar-refractivity contribution in [2.75, 3.05) is 31.5 Å². The summed E-state index contributed by atoms with van der Waals surface area (Å²) in [7, 11) is 3.11. The second-order valence-electron chi connectivity index (χ2n) is 9.53. The first-order valence-electron chi connectivity index (χ1n) is 13.3. The zero-order valence-corrected chi connectivity index (χ0v) is 23.7. The van der Waals surface area contributed by atoms with Gasteiger partial charge in [0.1, 0.15) is 30.5 Å². The molecule has 1 amide bonds. The Morgan fingerprint density at radius 3 is 2.49 bits per heavy atom. The predicted molar refractivity (Wildman–Crippen MR) is 156 cm³/mol. The molecule has 0 unspecified atom stereocenters. The molecule has 41 heavy (non-hydrogen) atoms. The number of ether oxygens (including phenoxy) is 4. The number of aromatic nitrogens is 3. The summed E-state index contributed by atoms with van der Waals surface area (Å²) in [5, 5.41) is 10.6. The van der Waals surface area contributed by atoms with E-state index in [4.69, 9.17) is 18.9 Å². The lowest BCUT2D eigenvalue weighted by Crippen LogP contribution is -2.31. The Morgan fingerprint density at radius 1 is 0.951 bits per heavy atom. The Hall–Kier alpha value is -4.99. The van der Waals surface area contributed by atoms with Gasteiger partial charge in [-0.2, -0.15) is 10.1 Å². The number of hydrogen-bond acceptors (Lipinski definition) is 8. The fourth-order valence-corrected chi connectivity index (χ4v) is 4.71. The fourth-order valence-electron chi connectivity index (χ4n) is 4.71. The molecule has 0 radical (unpaired) electrons. The molecule has 4 aromatic rings. The average Bonchev–Trinajstić information content (AvgIpc) is 3.45. The van der Waals surface area contributed by atoms with Crippen LogP contribution in [0.4, 0.5) is 11.6 Å². The highest BCUT2D eigenvalue weighted by Crippen LogP contribution is 2.40. The van der Waals surface area contributed by atoms with Crippen molar-refractivity contribution in [1.29, 1.82) is 0 Å². The number of anilines is 2. The highest BCUT2D eigenvalue weighted by molar-refractivity contribution is 6.06. The van der Waals surface area contributed by atoms with Crippen molar-refractivity contribution >= 4 is 17.5 Å². The summed E-state index contributed by atoms with van der Waals surface area (Å²) in [6.45, 7) is 6.66. The Labute approximate surface area is 238 Å². The summed E-state index contributed by atoms with van der Waals surface area (Å²) in [6, 6.07) is 18.5. The first kappa shape index (κ1) is 27.6. The van der Waals surface area contributed by atoms with Crippen molar-refractivity contribution in [3.05, 3.63) is 95.0 Å². The third-order valence-corrected chi connectivity index (χ3v) is 6.79. The van der Waals surface area contributed by atoms with E-state index in [2.05, 4.69) is 39.8 Å². The van der Waals surface area contributed by atoms with E-state index >= 15 is 0 Å². The maximum atomic E-state index is 13.9. The second-order valence-corrected chi connectivity index (χ2v) is 9.53. The molecular formula is C31H33N5O5. The number of hydrogen-bond donors (Lipinski definition) is 2. The molecule has 3 aromatic carbocycles. The minimum Gasteiger partial charge on any atom is -0.497 e. The standard InChI is InChI=1S/C31H33N5O5/c1-6-40-27-15-22(11-14-25(27)41-17-21-9-7-19(2)8-10-21)29-28(20(3)34-31-32-18-33-36(29)31)30(37)35-24-13-12-23(38-4)16-26(24)39-5/h7-16,18,29H,6,17H2,1-5H3,(H,35,37)(H,32,33,34)/t29-/m1/s1. The van der Waals surface area contributed by atoms with Crippen molar-refractivity contribution in [2.45, 2.75) is 33.4 Å². The molecule has 0 fully saturated rings. The lowest BCUT2D eigenvalue weighted by atomic mass is 9.94. The molecule has 1 aliphatic heterocycles. The van der Waals surface area contributed by atoms with E-state index in [9.17, 15) is 4.79 Å². The minimum absolute atomic E-state index is 0.317. The fraction of sp³-hybridized carbons (Fsp3) is 0.258. The van der Waals surface area contributed by atoms with E-state index in [0.717, 1.165) is 11.1 Å². The van der Waals surface area contributed by atoms with Crippen molar-refractivity contribution < 1.29 is 23.7 Å². The minimum atomic E-state index is -0.580. The van der Waals surface area contributed by atoms with Gasteiger partial charge < -0.3 is 29.6 Å². The Balaban J connectivity index is 1.48. The number of rotatable bonds is 10. The lowest BCUT2D eigenvalue weighted by molar-refractivity contribution is -0.113. The third kappa shape index (κ3) is 5.81. The van der Waals surface area contributed by atoms with Crippen molar-refractivity contribution in [3.63, 3.8) is 0 Å². The van der Waals surface area contributed by atoms with Crippen LogP contribution in [-0.2, 0) is 11.4 Å². The normalized spacial score (nSPS) is 14.1. The first-order valence-corrected chi connectivity index (χ1v) is 13.3. The van der Waals surface area contributed by atoms with E-state index in [1.165, 1.54) is 11.9 Å². The Kier molecular flexibility index (Phi) is 8.09. The summed E-state index contributed by atoms with van der Waals surface area (Å²) >= 11 is 0. The molecule has 212 valence electrons. The van der Waals surface area contributed by atoms with Gasteiger partial charge in [-0.1, -0.05) is 35.9 Å². The number of aryl methyl sites for hydroxylation is 1. The van der Waals surface area contributed by atoms with Crippen LogP contribution in [0, 0.1) is 6.92 Å². The predicted octanol–water partition coefficient (Wildman–Crippen LogP) is 5.51. The quantitative estimate of drug-likeness (QED) is 0.264. The first-order chi connectivity index (χ1) is 19.9. The average molecular weight is 556 g/mol. The highest BCUT2D eigenvalue weighted by atomic mass is 16.5. The number of fused-ring (bicyclic) bond motifs is 1. The number of carbonyl (C=O) groups excluding carboxylic acids is 1. The van der Waals surface area contributed by atoms with Crippen molar-refractivity contribution in [1.82, 2.24) is 14.8 Å². The van der Waals surface area contributed by atoms with Crippen LogP contribution in [0.1, 0.15) is 36.6 Å². The maximum absolute atomic E-state index is 13.9. The summed E-state index contributed by atoms with van der Waals surface area (Å²) in [5.41, 5.74) is 4.66. The number of carbonyl (C=O) groups is 1.